The van der Waals surface area contributed by atoms with E-state index in [1.807, 2.05) is 32.1 Å². The molecule has 0 aliphatic heterocycles. The number of ether oxygens (including phenoxy) is 2. The van der Waals surface area contributed by atoms with Crippen LogP contribution >= 0.6 is 0 Å². The fourth-order valence-corrected chi connectivity index (χ4v) is 3.68. The van der Waals surface area contributed by atoms with E-state index >= 15 is 0 Å². The number of rotatable bonds is 3. The van der Waals surface area contributed by atoms with Crippen LogP contribution in [0.4, 0.5) is 0 Å². The minimum atomic E-state index is -0.637. The molecule has 138 valence electrons. The summed E-state index contributed by atoms with van der Waals surface area (Å²) in [6.07, 6.45) is 3.00. The largest absolute Gasteiger partial charge is 0.493 e. The summed E-state index contributed by atoms with van der Waals surface area (Å²) in [6.45, 7) is 8.01. The van der Waals surface area contributed by atoms with Gasteiger partial charge in [-0.25, -0.2) is 0 Å². The summed E-state index contributed by atoms with van der Waals surface area (Å²) < 4.78 is 11.3. The number of aliphatic hydroxyl groups excluding tert-OH is 1. The summed E-state index contributed by atoms with van der Waals surface area (Å²) in [5, 5.41) is 11.7. The van der Waals surface area contributed by atoms with Crippen LogP contribution in [0.2, 0.25) is 0 Å². The molecule has 1 N–H and O–H groups in total. The van der Waals surface area contributed by atoms with E-state index in [1.165, 1.54) is 0 Å². The van der Waals surface area contributed by atoms with Crippen molar-refractivity contribution in [1.29, 1.82) is 0 Å². The van der Waals surface area contributed by atoms with Gasteiger partial charge in [0.15, 0.2) is 16.9 Å². The Bertz CT molecular complexity index is 955. The van der Waals surface area contributed by atoms with E-state index in [0.717, 1.165) is 22.1 Å². The molecule has 1 atom stereocenters. The van der Waals surface area contributed by atoms with Gasteiger partial charge in [-0.15, -0.1) is 0 Å². The lowest BCUT2D eigenvalue weighted by Gasteiger charge is -2.32. The van der Waals surface area contributed by atoms with E-state index in [1.54, 1.807) is 26.4 Å². The number of aliphatic hydroxyl groups is 1. The van der Waals surface area contributed by atoms with Gasteiger partial charge in [-0.3, -0.25) is 4.79 Å². The standard InChI is InChI=1S/C22H26O4/c1-12(2)14-10-15-16(21(26-6)20(14)25-5)9-13-7-8-19(24)22(3,4)17(13)11-18(15)23/h7-12,19,24H,1-6H3/t19-/m1/s1. The average molecular weight is 354 g/mol. The molecule has 0 amide bonds. The Morgan fingerprint density at radius 3 is 2.27 bits per heavy atom. The molecule has 1 aliphatic carbocycles. The van der Waals surface area contributed by atoms with Crippen molar-refractivity contribution in [2.45, 2.75) is 45.1 Å². The summed E-state index contributed by atoms with van der Waals surface area (Å²) in [7, 11) is 3.21. The highest BCUT2D eigenvalue weighted by Crippen LogP contribution is 2.42. The van der Waals surface area contributed by atoms with E-state index in [9.17, 15) is 9.90 Å². The molecular formula is C22H26O4. The molecule has 3 rings (SSSR count). The lowest BCUT2D eigenvalue weighted by molar-refractivity contribution is 0.143. The van der Waals surface area contributed by atoms with Crippen molar-refractivity contribution in [3.8, 4) is 11.5 Å². The first-order chi connectivity index (χ1) is 12.2. The van der Waals surface area contributed by atoms with Crippen molar-refractivity contribution in [2.75, 3.05) is 14.2 Å². The van der Waals surface area contributed by atoms with Crippen molar-refractivity contribution in [3.05, 3.63) is 51.2 Å². The van der Waals surface area contributed by atoms with Gasteiger partial charge in [-0.2, -0.15) is 0 Å². The second kappa shape index (κ2) is 6.44. The third-order valence-electron chi connectivity index (χ3n) is 5.38. The van der Waals surface area contributed by atoms with Gasteiger partial charge < -0.3 is 14.6 Å². The van der Waals surface area contributed by atoms with E-state index < -0.39 is 11.5 Å². The summed E-state index contributed by atoms with van der Waals surface area (Å²) in [4.78, 5) is 13.1. The molecule has 0 unspecified atom stereocenters. The van der Waals surface area contributed by atoms with Crippen molar-refractivity contribution < 1.29 is 14.6 Å². The van der Waals surface area contributed by atoms with E-state index in [4.69, 9.17) is 9.47 Å². The van der Waals surface area contributed by atoms with Gasteiger partial charge in [0.05, 0.1) is 20.3 Å². The second-order valence-corrected chi connectivity index (χ2v) is 7.70. The molecular weight excluding hydrogens is 328 g/mol. The highest BCUT2D eigenvalue weighted by Gasteiger charge is 2.33. The number of hydrogen-bond donors (Lipinski definition) is 1. The maximum Gasteiger partial charge on any atom is 0.186 e. The molecule has 0 bridgehead atoms. The molecule has 2 aromatic rings. The minimum absolute atomic E-state index is 0.0836. The van der Waals surface area contributed by atoms with Crippen molar-refractivity contribution in [3.63, 3.8) is 0 Å². The molecule has 4 nitrogen and oxygen atoms in total. The Morgan fingerprint density at radius 2 is 1.69 bits per heavy atom. The smallest absolute Gasteiger partial charge is 0.186 e. The van der Waals surface area contributed by atoms with Gasteiger partial charge >= 0.3 is 0 Å². The van der Waals surface area contributed by atoms with Gasteiger partial charge in [0.2, 0.25) is 0 Å². The zero-order chi connectivity index (χ0) is 19.2. The molecule has 0 radical (unpaired) electrons. The molecule has 0 aromatic heterocycles. The van der Waals surface area contributed by atoms with E-state index in [0.29, 0.717) is 16.9 Å². The van der Waals surface area contributed by atoms with Gasteiger partial charge in [0, 0.05) is 21.8 Å². The van der Waals surface area contributed by atoms with Crippen LogP contribution in [0.15, 0.2) is 29.1 Å². The number of fused-ring (bicyclic) bond motifs is 2. The Balaban J connectivity index is 2.52. The van der Waals surface area contributed by atoms with Crippen LogP contribution in [0.5, 0.6) is 11.5 Å². The fourth-order valence-electron chi connectivity index (χ4n) is 3.68. The quantitative estimate of drug-likeness (QED) is 0.905. The van der Waals surface area contributed by atoms with Gasteiger partial charge in [0.1, 0.15) is 0 Å². The van der Waals surface area contributed by atoms with Gasteiger partial charge in [-0.1, -0.05) is 39.8 Å². The zero-order valence-corrected chi connectivity index (χ0v) is 16.2. The fraction of sp³-hybridized carbons (Fsp3) is 0.409. The first-order valence-corrected chi connectivity index (χ1v) is 8.86. The van der Waals surface area contributed by atoms with Crippen LogP contribution in [-0.4, -0.2) is 25.4 Å². The third-order valence-corrected chi connectivity index (χ3v) is 5.38. The first kappa shape index (κ1) is 18.5. The SMILES string of the molecule is COc1c(C(C)C)cc2c(=O)cc3c(cc2c1OC)C=C[C@@H](O)C3(C)C. The normalized spacial score (nSPS) is 18.1. The van der Waals surface area contributed by atoms with Crippen LogP contribution in [0.1, 0.15) is 50.3 Å². The topological polar surface area (TPSA) is 55.8 Å². The number of hydrogen-bond acceptors (Lipinski definition) is 4. The summed E-state index contributed by atoms with van der Waals surface area (Å²) >= 11 is 0. The lowest BCUT2D eigenvalue weighted by atomic mass is 9.74. The Kier molecular flexibility index (Phi) is 4.57. The molecule has 26 heavy (non-hydrogen) atoms. The maximum absolute atomic E-state index is 13.1. The van der Waals surface area contributed by atoms with Crippen molar-refractivity contribution in [1.82, 2.24) is 0 Å². The Hall–Kier alpha value is -2.33. The average Bonchev–Trinajstić information content (AvgIpc) is 2.74. The zero-order valence-electron chi connectivity index (χ0n) is 16.2. The van der Waals surface area contributed by atoms with Crippen molar-refractivity contribution in [2.24, 2.45) is 0 Å². The van der Waals surface area contributed by atoms with Crippen LogP contribution in [-0.2, 0) is 5.41 Å². The van der Waals surface area contributed by atoms with Gasteiger partial charge in [0.25, 0.3) is 0 Å². The molecule has 0 saturated heterocycles. The predicted octanol–water partition coefficient (Wildman–Crippen LogP) is 4.01. The first-order valence-electron chi connectivity index (χ1n) is 8.86. The monoisotopic (exact) mass is 354 g/mol. The molecule has 0 heterocycles. The molecule has 1 aliphatic rings. The van der Waals surface area contributed by atoms with E-state index in [2.05, 4.69) is 13.8 Å². The summed E-state index contributed by atoms with van der Waals surface area (Å²) in [5.41, 5.74) is 2.05. The van der Waals surface area contributed by atoms with E-state index in [-0.39, 0.29) is 11.3 Å². The number of benzene rings is 1. The lowest BCUT2D eigenvalue weighted by Crippen LogP contribution is -2.34. The molecule has 0 fully saturated rings. The molecule has 4 heteroatoms. The molecule has 0 saturated carbocycles. The van der Waals surface area contributed by atoms with Crippen molar-refractivity contribution >= 4 is 16.8 Å². The molecule has 2 aromatic carbocycles. The minimum Gasteiger partial charge on any atom is -0.493 e. The summed E-state index contributed by atoms with van der Waals surface area (Å²) in [6, 6.07) is 5.52. The Labute approximate surface area is 154 Å². The third kappa shape index (κ3) is 2.69. The Morgan fingerprint density at radius 1 is 1.04 bits per heavy atom. The molecule has 0 spiro atoms. The predicted molar refractivity (Wildman–Crippen MR) is 105 cm³/mol. The maximum atomic E-state index is 13.1. The van der Waals surface area contributed by atoms with Crippen LogP contribution in [0.3, 0.4) is 0 Å². The second-order valence-electron chi connectivity index (χ2n) is 7.70. The highest BCUT2D eigenvalue weighted by molar-refractivity contribution is 5.93. The van der Waals surface area contributed by atoms with Gasteiger partial charge in [-0.05, 0) is 35.2 Å². The van der Waals surface area contributed by atoms with Crippen LogP contribution in [0, 0.1) is 0 Å². The van der Waals surface area contributed by atoms with Crippen LogP contribution in [0.25, 0.3) is 16.8 Å². The summed E-state index contributed by atoms with van der Waals surface area (Å²) in [5.74, 6) is 1.41. The number of methoxy groups -OCH3 is 2. The highest BCUT2D eigenvalue weighted by atomic mass is 16.5. The van der Waals surface area contributed by atoms with Crippen LogP contribution < -0.4 is 14.9 Å².